The van der Waals surface area contributed by atoms with E-state index >= 15 is 0 Å². The summed E-state index contributed by atoms with van der Waals surface area (Å²) in [5.74, 6) is -0.0736. The summed E-state index contributed by atoms with van der Waals surface area (Å²) in [5.41, 5.74) is 4.63. The van der Waals surface area contributed by atoms with Gasteiger partial charge < -0.3 is 10.6 Å². The van der Waals surface area contributed by atoms with Crippen molar-refractivity contribution in [2.45, 2.75) is 19.9 Å². The Morgan fingerprint density at radius 1 is 1.19 bits per heavy atom. The third-order valence-corrected chi connectivity index (χ3v) is 3.56. The Hall–Kier alpha value is -2.62. The van der Waals surface area contributed by atoms with Gasteiger partial charge >= 0.3 is 0 Å². The van der Waals surface area contributed by atoms with Crippen molar-refractivity contribution in [2.75, 3.05) is 5.32 Å². The highest BCUT2D eigenvalue weighted by atomic mass is 16.2. The molecule has 0 unspecified atom stereocenters. The van der Waals surface area contributed by atoms with E-state index in [1.807, 2.05) is 49.4 Å². The van der Waals surface area contributed by atoms with Crippen LogP contribution in [0, 0.1) is 6.92 Å². The van der Waals surface area contributed by atoms with Gasteiger partial charge in [0.2, 0.25) is 5.91 Å². The summed E-state index contributed by atoms with van der Waals surface area (Å²) in [6.07, 6.45) is 0.412. The van der Waals surface area contributed by atoms with Crippen molar-refractivity contribution in [3.8, 4) is 0 Å². The van der Waals surface area contributed by atoms with Crippen molar-refractivity contribution >= 4 is 17.5 Å². The van der Waals surface area contributed by atoms with Crippen LogP contribution in [0.2, 0.25) is 0 Å². The molecule has 0 atom stereocenters. The van der Waals surface area contributed by atoms with Gasteiger partial charge in [0.1, 0.15) is 0 Å². The summed E-state index contributed by atoms with van der Waals surface area (Å²) < 4.78 is 0. The average Bonchev–Trinajstić information content (AvgIpc) is 2.84. The fraction of sp³-hybridized carbons (Fsp3) is 0.176. The molecule has 0 fully saturated rings. The van der Waals surface area contributed by atoms with Crippen LogP contribution in [0.5, 0.6) is 0 Å². The van der Waals surface area contributed by atoms with Crippen LogP contribution in [-0.4, -0.2) is 11.8 Å². The summed E-state index contributed by atoms with van der Waals surface area (Å²) in [5, 5.41) is 5.69. The van der Waals surface area contributed by atoms with Crippen LogP contribution in [-0.2, 0) is 17.8 Å². The third kappa shape index (κ3) is 2.94. The van der Waals surface area contributed by atoms with Gasteiger partial charge in [-0.2, -0.15) is 0 Å². The van der Waals surface area contributed by atoms with Crippen LogP contribution in [0.1, 0.15) is 27.0 Å². The lowest BCUT2D eigenvalue weighted by atomic mass is 10.1. The van der Waals surface area contributed by atoms with Crippen LogP contribution in [0.15, 0.2) is 42.5 Å². The Kier molecular flexibility index (Phi) is 3.44. The predicted molar refractivity (Wildman–Crippen MR) is 81.1 cm³/mol. The number of rotatable bonds is 3. The topological polar surface area (TPSA) is 58.2 Å². The van der Waals surface area contributed by atoms with Gasteiger partial charge in [0.25, 0.3) is 5.91 Å². The van der Waals surface area contributed by atoms with E-state index in [2.05, 4.69) is 10.6 Å². The summed E-state index contributed by atoms with van der Waals surface area (Å²) in [6, 6.07) is 13.2. The second-order valence-electron chi connectivity index (χ2n) is 5.27. The summed E-state index contributed by atoms with van der Waals surface area (Å²) in [4.78, 5) is 23.3. The van der Waals surface area contributed by atoms with E-state index in [0.717, 1.165) is 22.4 Å². The second kappa shape index (κ2) is 5.40. The molecule has 3 rings (SSSR count). The number of anilines is 1. The first-order valence-electron chi connectivity index (χ1n) is 6.88. The van der Waals surface area contributed by atoms with Gasteiger partial charge in [0.15, 0.2) is 0 Å². The largest absolute Gasteiger partial charge is 0.348 e. The van der Waals surface area contributed by atoms with Crippen molar-refractivity contribution in [3.05, 3.63) is 64.7 Å². The Labute approximate surface area is 123 Å². The molecule has 0 saturated heterocycles. The van der Waals surface area contributed by atoms with Gasteiger partial charge in [-0.15, -0.1) is 0 Å². The maximum absolute atomic E-state index is 12.0. The Morgan fingerprint density at radius 2 is 1.95 bits per heavy atom. The number of aryl methyl sites for hydroxylation is 1. The molecule has 2 amide bonds. The first-order chi connectivity index (χ1) is 10.1. The molecule has 2 aromatic carbocycles. The van der Waals surface area contributed by atoms with Gasteiger partial charge in [0.05, 0.1) is 6.42 Å². The summed E-state index contributed by atoms with van der Waals surface area (Å²) in [7, 11) is 0. The molecule has 2 N–H and O–H groups in total. The van der Waals surface area contributed by atoms with E-state index in [1.54, 1.807) is 0 Å². The molecular formula is C17H16N2O2. The zero-order valence-electron chi connectivity index (χ0n) is 11.8. The zero-order chi connectivity index (χ0) is 14.8. The molecule has 21 heavy (non-hydrogen) atoms. The molecule has 0 bridgehead atoms. The molecule has 4 nitrogen and oxygen atoms in total. The van der Waals surface area contributed by atoms with Gasteiger partial charge in [-0.25, -0.2) is 0 Å². The Morgan fingerprint density at radius 3 is 2.71 bits per heavy atom. The molecular weight excluding hydrogens is 264 g/mol. The fourth-order valence-electron chi connectivity index (χ4n) is 2.38. The van der Waals surface area contributed by atoms with E-state index in [9.17, 15) is 9.59 Å². The maximum Gasteiger partial charge on any atom is 0.251 e. The van der Waals surface area contributed by atoms with Gasteiger partial charge in [-0.3, -0.25) is 9.59 Å². The quantitative estimate of drug-likeness (QED) is 0.907. The fourth-order valence-corrected chi connectivity index (χ4v) is 2.38. The highest BCUT2D eigenvalue weighted by molar-refractivity contribution is 5.99. The monoisotopic (exact) mass is 280 g/mol. The highest BCUT2D eigenvalue weighted by Crippen LogP contribution is 2.23. The van der Waals surface area contributed by atoms with Crippen LogP contribution in [0.3, 0.4) is 0 Å². The van der Waals surface area contributed by atoms with E-state index in [0.29, 0.717) is 18.5 Å². The molecule has 0 spiro atoms. The molecule has 1 aliphatic heterocycles. The standard InChI is InChI=1S/C17H16N2O2/c1-11-2-5-13(6-3-11)17(21)18-10-12-4-7-15-14(8-12)9-16(20)19-15/h2-8H,9-10H2,1H3,(H,18,21)(H,19,20). The molecule has 0 aromatic heterocycles. The minimum absolute atomic E-state index is 0.0193. The van der Waals surface area contributed by atoms with Crippen molar-refractivity contribution in [1.29, 1.82) is 0 Å². The first-order valence-corrected chi connectivity index (χ1v) is 6.88. The number of fused-ring (bicyclic) bond motifs is 1. The molecule has 4 heteroatoms. The maximum atomic E-state index is 12.0. The van der Waals surface area contributed by atoms with Crippen molar-refractivity contribution in [2.24, 2.45) is 0 Å². The number of amides is 2. The van der Waals surface area contributed by atoms with E-state index in [4.69, 9.17) is 0 Å². The Balaban J connectivity index is 1.65. The number of nitrogens with one attached hydrogen (secondary N) is 2. The molecule has 106 valence electrons. The van der Waals surface area contributed by atoms with E-state index < -0.39 is 0 Å². The lowest BCUT2D eigenvalue weighted by molar-refractivity contribution is -0.115. The van der Waals surface area contributed by atoms with Gasteiger partial charge in [0, 0.05) is 17.8 Å². The SMILES string of the molecule is Cc1ccc(C(=O)NCc2ccc3c(c2)CC(=O)N3)cc1. The van der Waals surface area contributed by atoms with Gasteiger partial charge in [-0.1, -0.05) is 29.8 Å². The molecule has 1 aliphatic rings. The molecule has 0 aliphatic carbocycles. The van der Waals surface area contributed by atoms with Crippen LogP contribution in [0.4, 0.5) is 5.69 Å². The highest BCUT2D eigenvalue weighted by Gasteiger charge is 2.17. The average molecular weight is 280 g/mol. The lowest BCUT2D eigenvalue weighted by Crippen LogP contribution is -2.22. The lowest BCUT2D eigenvalue weighted by Gasteiger charge is -2.07. The smallest absolute Gasteiger partial charge is 0.251 e. The van der Waals surface area contributed by atoms with Crippen LogP contribution in [0.25, 0.3) is 0 Å². The minimum Gasteiger partial charge on any atom is -0.348 e. The molecule has 1 heterocycles. The number of hydrogen-bond acceptors (Lipinski definition) is 2. The molecule has 0 saturated carbocycles. The van der Waals surface area contributed by atoms with Crippen LogP contribution < -0.4 is 10.6 Å². The van der Waals surface area contributed by atoms with Crippen molar-refractivity contribution in [3.63, 3.8) is 0 Å². The predicted octanol–water partition coefficient (Wildman–Crippen LogP) is 2.42. The number of carbonyl (C=O) groups is 2. The number of hydrogen-bond donors (Lipinski definition) is 2. The normalized spacial score (nSPS) is 12.7. The van der Waals surface area contributed by atoms with Crippen molar-refractivity contribution in [1.82, 2.24) is 5.32 Å². The minimum atomic E-state index is -0.0929. The number of benzene rings is 2. The number of carbonyl (C=O) groups excluding carboxylic acids is 2. The second-order valence-corrected chi connectivity index (χ2v) is 5.27. The summed E-state index contributed by atoms with van der Waals surface area (Å²) >= 11 is 0. The van der Waals surface area contributed by atoms with E-state index in [-0.39, 0.29) is 11.8 Å². The summed E-state index contributed by atoms with van der Waals surface area (Å²) in [6.45, 7) is 2.44. The van der Waals surface area contributed by atoms with Crippen LogP contribution >= 0.6 is 0 Å². The van der Waals surface area contributed by atoms with Crippen molar-refractivity contribution < 1.29 is 9.59 Å². The molecule has 2 aromatic rings. The first kappa shape index (κ1) is 13.4. The third-order valence-electron chi connectivity index (χ3n) is 3.56. The van der Waals surface area contributed by atoms with E-state index in [1.165, 1.54) is 0 Å². The molecule has 0 radical (unpaired) electrons. The zero-order valence-corrected chi connectivity index (χ0v) is 11.8. The van der Waals surface area contributed by atoms with Gasteiger partial charge in [-0.05, 0) is 36.2 Å². The Bertz CT molecular complexity index is 705.